The smallest absolute Gasteiger partial charge is 0.255 e. The zero-order valence-electron chi connectivity index (χ0n) is 13.7. The molecule has 0 unspecified atom stereocenters. The van der Waals surface area contributed by atoms with Gasteiger partial charge >= 0.3 is 0 Å². The van der Waals surface area contributed by atoms with Gasteiger partial charge in [-0.1, -0.05) is 0 Å². The van der Waals surface area contributed by atoms with E-state index >= 15 is 0 Å². The van der Waals surface area contributed by atoms with Crippen LogP contribution in [0.3, 0.4) is 0 Å². The summed E-state index contributed by atoms with van der Waals surface area (Å²) in [4.78, 5) is 49.4. The van der Waals surface area contributed by atoms with E-state index < -0.39 is 0 Å². The van der Waals surface area contributed by atoms with Crippen molar-refractivity contribution >= 4 is 29.3 Å². The summed E-state index contributed by atoms with van der Waals surface area (Å²) in [5, 5.41) is 5.74. The third kappa shape index (κ3) is 3.68. The van der Waals surface area contributed by atoms with Crippen LogP contribution in [0.5, 0.6) is 0 Å². The average molecular weight is 342 g/mol. The highest BCUT2D eigenvalue weighted by Crippen LogP contribution is 2.17. The zero-order valence-corrected chi connectivity index (χ0v) is 13.7. The molecule has 0 atom stereocenters. The Kier molecular flexibility index (Phi) is 4.51. The van der Waals surface area contributed by atoms with Crippen LogP contribution in [0.25, 0.3) is 0 Å². The van der Waals surface area contributed by atoms with Crippen molar-refractivity contribution in [3.05, 3.63) is 41.6 Å². The third-order valence-electron chi connectivity index (χ3n) is 4.03. The zero-order chi connectivity index (χ0) is 18.0. The second kappa shape index (κ2) is 6.76. The highest BCUT2D eigenvalue weighted by Gasteiger charge is 2.25. The van der Waals surface area contributed by atoms with Crippen molar-refractivity contribution in [1.82, 2.24) is 15.1 Å². The van der Waals surface area contributed by atoms with Gasteiger partial charge in [-0.3, -0.25) is 24.1 Å². The lowest BCUT2D eigenvalue weighted by Gasteiger charge is -2.26. The van der Waals surface area contributed by atoms with Gasteiger partial charge in [0.05, 0.1) is 13.1 Å². The van der Waals surface area contributed by atoms with E-state index in [1.165, 1.54) is 17.9 Å². The van der Waals surface area contributed by atoms with Crippen LogP contribution in [0, 0.1) is 0 Å². The molecule has 8 nitrogen and oxygen atoms in total. The predicted octanol–water partition coefficient (Wildman–Crippen LogP) is -0.0569. The van der Waals surface area contributed by atoms with Crippen molar-refractivity contribution in [2.24, 2.45) is 0 Å². The van der Waals surface area contributed by atoms with Crippen LogP contribution in [0.4, 0.5) is 5.69 Å². The Bertz CT molecular complexity index is 769. The largest absolute Gasteiger partial charge is 0.357 e. The molecule has 2 N–H and O–H groups in total. The lowest BCUT2D eigenvalue weighted by molar-refractivity contribution is -0.138. The van der Waals surface area contributed by atoms with Crippen LogP contribution in [0.1, 0.15) is 17.3 Å². The molecule has 130 valence electrons. The van der Waals surface area contributed by atoms with Crippen molar-refractivity contribution in [2.75, 3.05) is 31.5 Å². The average Bonchev–Trinajstić information content (AvgIpc) is 2.95. The maximum absolute atomic E-state index is 12.4. The van der Waals surface area contributed by atoms with Crippen molar-refractivity contribution in [2.45, 2.75) is 6.92 Å². The summed E-state index contributed by atoms with van der Waals surface area (Å²) >= 11 is 0. The van der Waals surface area contributed by atoms with Gasteiger partial charge in [-0.2, -0.15) is 0 Å². The molecule has 0 aliphatic carbocycles. The third-order valence-corrected chi connectivity index (χ3v) is 4.03. The molecule has 2 heterocycles. The van der Waals surface area contributed by atoms with E-state index in [0.717, 1.165) is 4.90 Å². The van der Waals surface area contributed by atoms with Crippen molar-refractivity contribution in [3.63, 3.8) is 0 Å². The van der Waals surface area contributed by atoms with Gasteiger partial charge in [-0.05, 0) is 24.3 Å². The van der Waals surface area contributed by atoms with Crippen LogP contribution >= 0.6 is 0 Å². The second-order valence-electron chi connectivity index (χ2n) is 5.89. The number of carbonyl (C=O) groups excluding carboxylic acids is 4. The summed E-state index contributed by atoms with van der Waals surface area (Å²) in [6, 6.07) is 6.77. The minimum Gasteiger partial charge on any atom is -0.357 e. The monoisotopic (exact) mass is 342 g/mol. The number of hydrogen-bond acceptors (Lipinski definition) is 5. The molecule has 8 heteroatoms. The van der Waals surface area contributed by atoms with Crippen molar-refractivity contribution < 1.29 is 19.2 Å². The molecule has 1 fully saturated rings. The number of imide groups is 1. The number of hydrogen-bond donors (Lipinski definition) is 2. The van der Waals surface area contributed by atoms with E-state index in [0.29, 0.717) is 30.0 Å². The van der Waals surface area contributed by atoms with E-state index in [1.807, 2.05) is 0 Å². The molecular formula is C17H18N4O4. The summed E-state index contributed by atoms with van der Waals surface area (Å²) < 4.78 is 0. The Morgan fingerprint density at radius 1 is 1.12 bits per heavy atom. The molecule has 0 bridgehead atoms. The SMILES string of the molecule is CC(=O)N1CC(Nc2ccc(C(=O)N3CCNC(=O)C3)cc2)=CC1=O. The lowest BCUT2D eigenvalue weighted by Crippen LogP contribution is -2.49. The predicted molar refractivity (Wildman–Crippen MR) is 89.5 cm³/mol. The Morgan fingerprint density at radius 3 is 2.44 bits per heavy atom. The van der Waals surface area contributed by atoms with Gasteiger partial charge in [-0.15, -0.1) is 0 Å². The Morgan fingerprint density at radius 2 is 1.84 bits per heavy atom. The Labute approximate surface area is 144 Å². The van der Waals surface area contributed by atoms with Gasteiger partial charge in [0.15, 0.2) is 0 Å². The van der Waals surface area contributed by atoms with E-state index in [4.69, 9.17) is 0 Å². The van der Waals surface area contributed by atoms with Crippen LogP contribution in [0.2, 0.25) is 0 Å². The number of rotatable bonds is 3. The first kappa shape index (κ1) is 16.7. The molecule has 2 aliphatic heterocycles. The summed E-state index contributed by atoms with van der Waals surface area (Å²) in [7, 11) is 0. The number of carbonyl (C=O) groups is 4. The fraction of sp³-hybridized carbons (Fsp3) is 0.294. The number of benzene rings is 1. The first-order valence-corrected chi connectivity index (χ1v) is 7.90. The van der Waals surface area contributed by atoms with Crippen LogP contribution in [-0.4, -0.2) is 59.6 Å². The van der Waals surface area contributed by atoms with E-state index in [1.54, 1.807) is 24.3 Å². The number of nitrogens with zero attached hydrogens (tertiary/aromatic N) is 2. The van der Waals surface area contributed by atoms with Gasteiger partial charge in [-0.25, -0.2) is 0 Å². The molecular weight excluding hydrogens is 324 g/mol. The molecule has 3 rings (SSSR count). The first-order valence-electron chi connectivity index (χ1n) is 7.90. The number of piperazine rings is 1. The minimum absolute atomic E-state index is 0.0642. The molecule has 1 aromatic rings. The van der Waals surface area contributed by atoms with Gasteiger partial charge in [0.2, 0.25) is 11.8 Å². The molecule has 0 saturated carbocycles. The Balaban J connectivity index is 1.64. The second-order valence-corrected chi connectivity index (χ2v) is 5.89. The number of anilines is 1. The lowest BCUT2D eigenvalue weighted by atomic mass is 10.1. The van der Waals surface area contributed by atoms with Crippen LogP contribution in [0.15, 0.2) is 36.0 Å². The highest BCUT2D eigenvalue weighted by atomic mass is 16.2. The van der Waals surface area contributed by atoms with E-state index in [9.17, 15) is 19.2 Å². The quantitative estimate of drug-likeness (QED) is 0.802. The topological polar surface area (TPSA) is 98.8 Å². The summed E-state index contributed by atoms with van der Waals surface area (Å²) in [6.45, 7) is 2.56. The standard InChI is InChI=1S/C17H18N4O4/c1-11(22)21-9-14(8-16(21)24)19-13-4-2-12(3-5-13)17(25)20-7-6-18-15(23)10-20/h2-5,8,19H,6-7,9-10H2,1H3,(H,18,23). The van der Waals surface area contributed by atoms with Crippen LogP contribution < -0.4 is 10.6 Å². The van der Waals surface area contributed by atoms with Crippen molar-refractivity contribution in [3.8, 4) is 0 Å². The molecule has 0 aromatic heterocycles. The Hall–Kier alpha value is -3.16. The highest BCUT2D eigenvalue weighted by molar-refractivity contribution is 6.03. The van der Waals surface area contributed by atoms with E-state index in [2.05, 4.69) is 10.6 Å². The molecule has 1 saturated heterocycles. The van der Waals surface area contributed by atoms with Gasteiger partial charge in [0.1, 0.15) is 0 Å². The first-order chi connectivity index (χ1) is 11.9. The van der Waals surface area contributed by atoms with Gasteiger partial charge < -0.3 is 15.5 Å². The molecule has 0 spiro atoms. The normalized spacial score (nSPS) is 17.2. The molecule has 4 amide bonds. The van der Waals surface area contributed by atoms with Crippen molar-refractivity contribution in [1.29, 1.82) is 0 Å². The van der Waals surface area contributed by atoms with Gasteiger partial charge in [0.25, 0.3) is 11.8 Å². The summed E-state index contributed by atoms with van der Waals surface area (Å²) in [5.74, 6) is -1.00. The molecule has 1 aromatic carbocycles. The maximum Gasteiger partial charge on any atom is 0.255 e. The number of nitrogens with one attached hydrogen (secondary N) is 2. The number of amides is 4. The maximum atomic E-state index is 12.4. The van der Waals surface area contributed by atoms with Crippen LogP contribution in [-0.2, 0) is 14.4 Å². The molecule has 2 aliphatic rings. The van der Waals surface area contributed by atoms with Gasteiger partial charge in [0, 0.05) is 43.0 Å². The molecule has 25 heavy (non-hydrogen) atoms. The summed E-state index contributed by atoms with van der Waals surface area (Å²) in [6.07, 6.45) is 1.38. The van der Waals surface area contributed by atoms with E-state index in [-0.39, 0.29) is 36.7 Å². The fourth-order valence-corrected chi connectivity index (χ4v) is 2.74. The fourth-order valence-electron chi connectivity index (χ4n) is 2.74. The minimum atomic E-state index is -0.342. The molecule has 0 radical (unpaired) electrons. The summed E-state index contributed by atoms with van der Waals surface area (Å²) in [5.41, 5.74) is 1.81.